The van der Waals surface area contributed by atoms with Gasteiger partial charge in [-0.2, -0.15) is 0 Å². The van der Waals surface area contributed by atoms with E-state index in [1.165, 1.54) is 18.6 Å². The van der Waals surface area contributed by atoms with Crippen LogP contribution in [0.1, 0.15) is 42.7 Å². The van der Waals surface area contributed by atoms with E-state index < -0.39 is 49.0 Å². The molecule has 0 radical (unpaired) electrons. The molecule has 0 bridgehead atoms. The summed E-state index contributed by atoms with van der Waals surface area (Å²) in [6.45, 7) is 3.85. The topological polar surface area (TPSA) is 154 Å². The zero-order valence-corrected chi connectivity index (χ0v) is 20.9. The van der Waals surface area contributed by atoms with Crippen molar-refractivity contribution in [2.45, 2.75) is 57.2 Å². The molecule has 1 fully saturated rings. The number of rotatable bonds is 11. The van der Waals surface area contributed by atoms with E-state index in [0.717, 1.165) is 12.7 Å². The Kier molecular flexibility index (Phi) is 9.87. The number of Topliss-reactive ketones (excluding diaryl/α,β-unsaturated/α-hetero) is 1. The molecule has 2 heterocycles. The number of nitrogens with one attached hydrogen (secondary N) is 1. The Balaban J connectivity index is 1.82. The van der Waals surface area contributed by atoms with Crippen molar-refractivity contribution >= 4 is 30.7 Å². The Morgan fingerprint density at radius 2 is 1.92 bits per heavy atom. The highest BCUT2D eigenvalue weighted by Crippen LogP contribution is 2.31. The number of hydrogen-bond donors (Lipinski definition) is 2. The fourth-order valence-corrected chi connectivity index (χ4v) is 4.10. The number of hydrogen-bond acceptors (Lipinski definition) is 10. The van der Waals surface area contributed by atoms with Crippen LogP contribution in [-0.4, -0.2) is 71.2 Å². The number of aliphatic hydroxyl groups excluding tert-OH is 1. The number of ketones is 1. The van der Waals surface area contributed by atoms with Crippen LogP contribution in [-0.2, 0) is 34.9 Å². The van der Waals surface area contributed by atoms with Gasteiger partial charge in [0.25, 0.3) is 5.91 Å². The van der Waals surface area contributed by atoms with Gasteiger partial charge < -0.3 is 24.5 Å². The van der Waals surface area contributed by atoms with Gasteiger partial charge in [0.05, 0.1) is 19.3 Å². The molecule has 0 saturated carbocycles. The predicted molar refractivity (Wildman–Crippen MR) is 131 cm³/mol. The maximum atomic E-state index is 13.6. The van der Waals surface area contributed by atoms with Gasteiger partial charge in [0.2, 0.25) is 0 Å². The average Bonchev–Trinajstić information content (AvgIpc) is 2.89. The van der Waals surface area contributed by atoms with E-state index in [1.54, 1.807) is 0 Å². The first-order valence-electron chi connectivity index (χ1n) is 11.9. The third-order valence-electron chi connectivity index (χ3n) is 5.87. The van der Waals surface area contributed by atoms with Gasteiger partial charge in [-0.05, 0) is 24.3 Å². The first-order valence-corrected chi connectivity index (χ1v) is 11.9. The fraction of sp³-hybridized carbons (Fsp3) is 0.440. The van der Waals surface area contributed by atoms with Crippen molar-refractivity contribution in [3.63, 3.8) is 0 Å². The number of carbonyl (C=O) groups is 4. The van der Waals surface area contributed by atoms with Gasteiger partial charge in [0.15, 0.2) is 18.0 Å². The lowest BCUT2D eigenvalue weighted by Gasteiger charge is -2.33. The molecule has 1 aliphatic heterocycles. The van der Waals surface area contributed by atoms with E-state index in [4.69, 9.17) is 9.31 Å². The Labute approximate surface area is 215 Å². The SMILES string of the molecule is COC(=O)[C@@H]1OB([C@@H](CC(=O)[C@H](Cc2ccccc2)NC(=O)c2cnccn2)CC(C)C)OC(=O)[C@H]1O. The molecule has 1 aliphatic rings. The van der Waals surface area contributed by atoms with Crippen LogP contribution in [0, 0.1) is 5.92 Å². The Bertz CT molecular complexity index is 1090. The molecule has 3 rings (SSSR count). The molecular weight excluding hydrogens is 481 g/mol. The molecule has 196 valence electrons. The van der Waals surface area contributed by atoms with Crippen molar-refractivity contribution in [1.82, 2.24) is 15.3 Å². The summed E-state index contributed by atoms with van der Waals surface area (Å²) in [5, 5.41) is 12.8. The number of methoxy groups -OCH3 is 1. The first kappa shape index (κ1) is 27.9. The van der Waals surface area contributed by atoms with Crippen molar-refractivity contribution in [2.75, 3.05) is 7.11 Å². The lowest BCUT2D eigenvalue weighted by molar-refractivity contribution is -0.174. The number of benzene rings is 1. The lowest BCUT2D eigenvalue weighted by Crippen LogP contribution is -2.55. The number of nitrogens with zero attached hydrogens (tertiary/aromatic N) is 2. The smallest absolute Gasteiger partial charge is 0.507 e. The van der Waals surface area contributed by atoms with Gasteiger partial charge in [-0.1, -0.05) is 44.2 Å². The molecule has 11 nitrogen and oxygen atoms in total. The van der Waals surface area contributed by atoms with Crippen LogP contribution in [0.2, 0.25) is 5.82 Å². The largest absolute Gasteiger partial charge is 0.531 e. The third-order valence-corrected chi connectivity index (χ3v) is 5.87. The minimum absolute atomic E-state index is 0.0616. The van der Waals surface area contributed by atoms with Gasteiger partial charge in [-0.3, -0.25) is 19.4 Å². The highest BCUT2D eigenvalue weighted by atomic mass is 16.7. The monoisotopic (exact) mass is 511 g/mol. The molecule has 4 atom stereocenters. The van der Waals surface area contributed by atoms with Gasteiger partial charge in [-0.25, -0.2) is 9.78 Å². The van der Waals surface area contributed by atoms with Crippen molar-refractivity contribution < 1.29 is 38.3 Å². The second-order valence-corrected chi connectivity index (χ2v) is 9.20. The van der Waals surface area contributed by atoms with E-state index in [0.29, 0.717) is 6.42 Å². The van der Waals surface area contributed by atoms with E-state index in [9.17, 15) is 24.3 Å². The summed E-state index contributed by atoms with van der Waals surface area (Å²) in [5.74, 6) is -3.43. The van der Waals surface area contributed by atoms with Crippen LogP contribution < -0.4 is 5.32 Å². The minimum atomic E-state index is -1.84. The summed E-state index contributed by atoms with van der Waals surface area (Å²) in [7, 11) is -0.157. The fourth-order valence-electron chi connectivity index (χ4n) is 4.10. The number of amides is 1. The van der Waals surface area contributed by atoms with E-state index in [2.05, 4.69) is 20.0 Å². The second-order valence-electron chi connectivity index (χ2n) is 9.20. The maximum absolute atomic E-state index is 13.6. The highest BCUT2D eigenvalue weighted by molar-refractivity contribution is 6.50. The van der Waals surface area contributed by atoms with Crippen LogP contribution in [0.4, 0.5) is 0 Å². The lowest BCUT2D eigenvalue weighted by atomic mass is 9.64. The minimum Gasteiger partial charge on any atom is -0.507 e. The Hall–Kier alpha value is -3.64. The molecule has 1 amide bonds. The predicted octanol–water partition coefficient (Wildman–Crippen LogP) is 1.16. The maximum Gasteiger partial charge on any atom is 0.531 e. The van der Waals surface area contributed by atoms with Crippen LogP contribution in [0.25, 0.3) is 0 Å². The van der Waals surface area contributed by atoms with E-state index >= 15 is 0 Å². The number of carbonyl (C=O) groups excluding carboxylic acids is 4. The molecule has 1 aromatic carbocycles. The summed E-state index contributed by atoms with van der Waals surface area (Å²) in [6, 6.07) is 8.27. The standard InChI is InChI=1S/C25H30BN3O8/c1-15(2)11-17(26-36-22(25(34)35-3)21(31)24(33)37-26)13-20(30)18(12-16-7-5-4-6-8-16)29-23(32)19-14-27-9-10-28-19/h4-10,14-15,17-18,21-22,31H,11-13H2,1-3H3,(H,29,32)/t17-,18+,21+,22-/m1/s1. The molecular formula is C25H30BN3O8. The molecule has 1 aromatic heterocycles. The summed E-state index contributed by atoms with van der Waals surface area (Å²) >= 11 is 0. The first-order chi connectivity index (χ1) is 17.7. The van der Waals surface area contributed by atoms with Crippen molar-refractivity contribution in [3.8, 4) is 0 Å². The molecule has 0 aliphatic carbocycles. The quantitative estimate of drug-likeness (QED) is 0.332. The summed E-state index contributed by atoms with van der Waals surface area (Å²) < 4.78 is 15.5. The average molecular weight is 511 g/mol. The molecule has 2 aromatic rings. The van der Waals surface area contributed by atoms with Gasteiger partial charge in [0.1, 0.15) is 5.69 Å². The van der Waals surface area contributed by atoms with E-state index in [-0.39, 0.29) is 30.2 Å². The Morgan fingerprint density at radius 3 is 2.54 bits per heavy atom. The van der Waals surface area contributed by atoms with Gasteiger partial charge in [0, 0.05) is 24.6 Å². The van der Waals surface area contributed by atoms with E-state index in [1.807, 2.05) is 44.2 Å². The normalized spacial score (nSPS) is 19.1. The summed E-state index contributed by atoms with van der Waals surface area (Å²) in [6.07, 6.45) is 1.20. The molecule has 0 unspecified atom stereocenters. The highest BCUT2D eigenvalue weighted by Gasteiger charge is 2.49. The number of esters is 1. The van der Waals surface area contributed by atoms with Gasteiger partial charge in [-0.15, -0.1) is 0 Å². The van der Waals surface area contributed by atoms with Gasteiger partial charge >= 0.3 is 19.1 Å². The zero-order chi connectivity index (χ0) is 26.9. The molecule has 2 N–H and O–H groups in total. The van der Waals surface area contributed by atoms with Crippen molar-refractivity contribution in [2.24, 2.45) is 5.92 Å². The summed E-state index contributed by atoms with van der Waals surface area (Å²) in [5.41, 5.74) is 0.890. The molecule has 1 saturated heterocycles. The second kappa shape index (κ2) is 13.1. The van der Waals surface area contributed by atoms with Crippen molar-refractivity contribution in [1.29, 1.82) is 0 Å². The van der Waals surface area contributed by atoms with Crippen LogP contribution in [0.3, 0.4) is 0 Å². The zero-order valence-electron chi connectivity index (χ0n) is 20.9. The number of aliphatic hydroxyl groups is 1. The molecule has 12 heteroatoms. The molecule has 37 heavy (non-hydrogen) atoms. The van der Waals surface area contributed by atoms with Crippen LogP contribution >= 0.6 is 0 Å². The molecule has 0 spiro atoms. The van der Waals surface area contributed by atoms with Crippen molar-refractivity contribution in [3.05, 3.63) is 60.2 Å². The van der Waals surface area contributed by atoms with Crippen LogP contribution in [0.5, 0.6) is 0 Å². The summed E-state index contributed by atoms with van der Waals surface area (Å²) in [4.78, 5) is 58.6. The van der Waals surface area contributed by atoms with Crippen LogP contribution in [0.15, 0.2) is 48.9 Å². The third kappa shape index (κ3) is 7.67. The Morgan fingerprint density at radius 1 is 1.19 bits per heavy atom. The number of aromatic nitrogens is 2. The number of ether oxygens (including phenoxy) is 1.